The second-order valence-corrected chi connectivity index (χ2v) is 5.10. The van der Waals surface area contributed by atoms with Gasteiger partial charge in [0.15, 0.2) is 0 Å². The average molecular weight is 229 g/mol. The van der Waals surface area contributed by atoms with Crippen molar-refractivity contribution in [1.82, 2.24) is 0 Å². The maximum absolute atomic E-state index is 11.8. The Hall–Kier alpha value is 0.110. The molecule has 0 aliphatic rings. The van der Waals surface area contributed by atoms with Gasteiger partial charge in [-0.15, -0.1) is 0 Å². The van der Waals surface area contributed by atoms with E-state index < -0.39 is 18.5 Å². The summed E-state index contributed by atoms with van der Waals surface area (Å²) in [6.07, 6.45) is 0. The van der Waals surface area contributed by atoms with E-state index in [0.29, 0.717) is 0 Å². The number of carbonyl (C=O) groups excluding carboxylic acids is 1. The van der Waals surface area contributed by atoms with Crippen LogP contribution in [0.4, 0.5) is 0 Å². The fraction of sp³-hybridized carbons (Fsp3) is 0.857. The Balaban J connectivity index is 4.57. The van der Waals surface area contributed by atoms with Gasteiger partial charge in [0.1, 0.15) is 5.66 Å². The van der Waals surface area contributed by atoms with Crippen molar-refractivity contribution in [1.29, 1.82) is 0 Å². The monoisotopic (exact) mass is 228 g/mol. The maximum Gasteiger partial charge on any atom is 0.342 e. The molecule has 0 aromatic carbocycles. The van der Waals surface area contributed by atoms with Crippen LogP contribution in [0, 0.1) is 0 Å². The minimum atomic E-state index is -3.35. The molecular weight excluding hydrogens is 214 g/mol. The standard InChI is InChI=1S/C7H14ClO4P/c1-4-11-13(10,12-5-2)6(3)7(8)9/h6H,4-5H2,1-3H3/t6-/m0/s1. The molecule has 0 aliphatic heterocycles. The van der Waals surface area contributed by atoms with Crippen LogP contribution in [0.25, 0.3) is 0 Å². The largest absolute Gasteiger partial charge is 0.342 e. The molecule has 0 N–H and O–H groups in total. The Morgan fingerprint density at radius 1 is 1.38 bits per heavy atom. The molecule has 0 bridgehead atoms. The summed E-state index contributed by atoms with van der Waals surface area (Å²) in [6, 6.07) is 0. The van der Waals surface area contributed by atoms with E-state index in [-0.39, 0.29) is 13.2 Å². The summed E-state index contributed by atoms with van der Waals surface area (Å²) >= 11 is 5.21. The highest BCUT2D eigenvalue weighted by Crippen LogP contribution is 2.53. The summed E-state index contributed by atoms with van der Waals surface area (Å²) in [4.78, 5) is 10.8. The van der Waals surface area contributed by atoms with Crippen LogP contribution in [0.3, 0.4) is 0 Å². The molecule has 0 aromatic rings. The lowest BCUT2D eigenvalue weighted by atomic mass is 10.5. The molecule has 4 nitrogen and oxygen atoms in total. The maximum atomic E-state index is 11.8. The van der Waals surface area contributed by atoms with Crippen LogP contribution in [0.15, 0.2) is 0 Å². The molecule has 6 heteroatoms. The van der Waals surface area contributed by atoms with Crippen LogP contribution in [-0.4, -0.2) is 24.1 Å². The number of hydrogen-bond acceptors (Lipinski definition) is 4. The fourth-order valence-corrected chi connectivity index (χ4v) is 2.59. The molecule has 0 heterocycles. The van der Waals surface area contributed by atoms with Gasteiger partial charge in [0.25, 0.3) is 0 Å². The SMILES string of the molecule is CCOP(=O)(OCC)[C@@H](C)C(=O)Cl. The van der Waals surface area contributed by atoms with Gasteiger partial charge in [-0.2, -0.15) is 0 Å². The third-order valence-corrected chi connectivity index (χ3v) is 4.32. The van der Waals surface area contributed by atoms with E-state index in [1.807, 2.05) is 0 Å². The topological polar surface area (TPSA) is 52.6 Å². The van der Waals surface area contributed by atoms with Crippen LogP contribution >= 0.6 is 19.2 Å². The summed E-state index contributed by atoms with van der Waals surface area (Å²) < 4.78 is 21.6. The summed E-state index contributed by atoms with van der Waals surface area (Å²) in [5.41, 5.74) is -0.908. The molecule has 0 saturated carbocycles. The summed E-state index contributed by atoms with van der Waals surface area (Å²) in [7, 11) is -3.35. The Labute approximate surface area is 83.1 Å². The molecule has 0 saturated heterocycles. The first-order chi connectivity index (χ1) is 5.98. The zero-order valence-corrected chi connectivity index (χ0v) is 9.60. The molecule has 0 rings (SSSR count). The van der Waals surface area contributed by atoms with E-state index in [2.05, 4.69) is 0 Å². The van der Waals surface area contributed by atoms with Gasteiger partial charge in [-0.25, -0.2) is 0 Å². The Morgan fingerprint density at radius 2 is 1.77 bits per heavy atom. The molecular formula is C7H14ClO4P. The predicted molar refractivity (Wildman–Crippen MR) is 51.2 cm³/mol. The van der Waals surface area contributed by atoms with E-state index in [1.165, 1.54) is 6.92 Å². The van der Waals surface area contributed by atoms with Crippen molar-refractivity contribution in [3.63, 3.8) is 0 Å². The van der Waals surface area contributed by atoms with Crippen LogP contribution in [0.5, 0.6) is 0 Å². The highest BCUT2D eigenvalue weighted by atomic mass is 35.5. The molecule has 13 heavy (non-hydrogen) atoms. The molecule has 0 unspecified atom stereocenters. The Bertz CT molecular complexity index is 209. The zero-order valence-electron chi connectivity index (χ0n) is 7.95. The minimum absolute atomic E-state index is 0.228. The zero-order chi connectivity index (χ0) is 10.5. The quantitative estimate of drug-likeness (QED) is 0.517. The smallest absolute Gasteiger partial charge is 0.308 e. The van der Waals surface area contributed by atoms with Crippen LogP contribution in [0.1, 0.15) is 20.8 Å². The van der Waals surface area contributed by atoms with Gasteiger partial charge in [-0.3, -0.25) is 9.36 Å². The van der Waals surface area contributed by atoms with Gasteiger partial charge >= 0.3 is 7.60 Å². The lowest BCUT2D eigenvalue weighted by Crippen LogP contribution is -2.15. The molecule has 0 fully saturated rings. The number of carbonyl (C=O) groups is 1. The first-order valence-corrected chi connectivity index (χ1v) is 6.05. The molecule has 1 atom stereocenters. The second kappa shape index (κ2) is 5.76. The number of halogens is 1. The van der Waals surface area contributed by atoms with Crippen molar-refractivity contribution in [2.24, 2.45) is 0 Å². The number of hydrogen-bond donors (Lipinski definition) is 0. The Kier molecular flexibility index (Phi) is 5.81. The average Bonchev–Trinajstić information content (AvgIpc) is 2.03. The lowest BCUT2D eigenvalue weighted by molar-refractivity contribution is -0.111. The van der Waals surface area contributed by atoms with E-state index in [1.54, 1.807) is 13.8 Å². The van der Waals surface area contributed by atoms with Gasteiger partial charge in [-0.05, 0) is 32.4 Å². The van der Waals surface area contributed by atoms with Gasteiger partial charge in [0.2, 0.25) is 5.24 Å². The van der Waals surface area contributed by atoms with Gasteiger partial charge in [-0.1, -0.05) is 0 Å². The van der Waals surface area contributed by atoms with E-state index in [9.17, 15) is 9.36 Å². The highest BCUT2D eigenvalue weighted by Gasteiger charge is 2.36. The molecule has 0 aliphatic carbocycles. The van der Waals surface area contributed by atoms with E-state index in [0.717, 1.165) is 0 Å². The molecule has 0 radical (unpaired) electrons. The minimum Gasteiger partial charge on any atom is -0.308 e. The molecule has 0 aromatic heterocycles. The van der Waals surface area contributed by atoms with Gasteiger partial charge < -0.3 is 9.05 Å². The van der Waals surface area contributed by atoms with Crippen molar-refractivity contribution >= 4 is 24.4 Å². The fourth-order valence-electron chi connectivity index (χ4n) is 0.745. The van der Waals surface area contributed by atoms with Gasteiger partial charge in [0.05, 0.1) is 13.2 Å². The van der Waals surface area contributed by atoms with Crippen LogP contribution in [-0.2, 0) is 18.4 Å². The highest BCUT2D eigenvalue weighted by molar-refractivity contribution is 7.56. The van der Waals surface area contributed by atoms with Crippen LogP contribution in [0.2, 0.25) is 0 Å². The molecule has 0 spiro atoms. The van der Waals surface area contributed by atoms with Crippen molar-refractivity contribution in [3.8, 4) is 0 Å². The third-order valence-electron chi connectivity index (χ3n) is 1.42. The second-order valence-electron chi connectivity index (χ2n) is 2.36. The van der Waals surface area contributed by atoms with Crippen molar-refractivity contribution in [2.75, 3.05) is 13.2 Å². The molecule has 0 amide bonds. The summed E-state index contributed by atoms with van der Waals surface area (Å²) in [5, 5.41) is -0.703. The Morgan fingerprint density at radius 3 is 2.00 bits per heavy atom. The lowest BCUT2D eigenvalue weighted by Gasteiger charge is -2.20. The van der Waals surface area contributed by atoms with E-state index >= 15 is 0 Å². The van der Waals surface area contributed by atoms with Crippen molar-refractivity contribution in [3.05, 3.63) is 0 Å². The summed E-state index contributed by atoms with van der Waals surface area (Å²) in [6.45, 7) is 5.24. The first kappa shape index (κ1) is 13.1. The van der Waals surface area contributed by atoms with Crippen molar-refractivity contribution in [2.45, 2.75) is 26.4 Å². The predicted octanol–water partition coefficient (Wildman–Crippen LogP) is 2.41. The van der Waals surface area contributed by atoms with Crippen LogP contribution < -0.4 is 0 Å². The first-order valence-electron chi connectivity index (χ1n) is 4.06. The third kappa shape index (κ3) is 3.77. The number of rotatable bonds is 6. The molecule has 78 valence electrons. The van der Waals surface area contributed by atoms with Crippen molar-refractivity contribution < 1.29 is 18.4 Å². The van der Waals surface area contributed by atoms with E-state index in [4.69, 9.17) is 20.6 Å². The summed E-state index contributed by atoms with van der Waals surface area (Å²) in [5.74, 6) is 0. The van der Waals surface area contributed by atoms with Gasteiger partial charge in [0, 0.05) is 0 Å². The normalized spacial score (nSPS) is 14.2.